The fourth-order valence-corrected chi connectivity index (χ4v) is 3.02. The molecule has 3 amide bonds. The molecule has 1 aliphatic rings. The van der Waals surface area contributed by atoms with E-state index in [1.807, 2.05) is 62.6 Å². The third kappa shape index (κ3) is 4.86. The molecule has 2 aromatic carbocycles. The van der Waals surface area contributed by atoms with Crippen molar-refractivity contribution in [1.29, 1.82) is 0 Å². The molecule has 1 saturated heterocycles. The van der Waals surface area contributed by atoms with E-state index >= 15 is 0 Å². The lowest BCUT2D eigenvalue weighted by Crippen LogP contribution is -2.36. The van der Waals surface area contributed by atoms with Crippen molar-refractivity contribution in [3.63, 3.8) is 0 Å². The van der Waals surface area contributed by atoms with Crippen LogP contribution in [0.3, 0.4) is 0 Å². The second-order valence-corrected chi connectivity index (χ2v) is 7.37. The fraction of sp³-hybridized carbons (Fsp3) is 0.364. The molecule has 1 fully saturated rings. The van der Waals surface area contributed by atoms with Gasteiger partial charge in [-0.05, 0) is 43.8 Å². The summed E-state index contributed by atoms with van der Waals surface area (Å²) in [7, 11) is 7.03. The normalized spacial score (nSPS) is 16.7. The zero-order chi connectivity index (χ0) is 21.0. The lowest BCUT2D eigenvalue weighted by Gasteiger charge is -2.21. The van der Waals surface area contributed by atoms with Crippen molar-refractivity contribution < 1.29 is 19.1 Å². The van der Waals surface area contributed by atoms with E-state index in [0.29, 0.717) is 18.1 Å². The number of amides is 3. The van der Waals surface area contributed by atoms with Gasteiger partial charge in [0.1, 0.15) is 6.61 Å². The number of hydrogen-bond acceptors (Lipinski definition) is 5. The highest BCUT2D eigenvalue weighted by Gasteiger charge is 2.43. The van der Waals surface area contributed by atoms with Crippen molar-refractivity contribution in [3.05, 3.63) is 59.7 Å². The molecule has 0 spiro atoms. The van der Waals surface area contributed by atoms with E-state index in [-0.39, 0.29) is 0 Å². The molecule has 0 aromatic heterocycles. The van der Waals surface area contributed by atoms with Crippen LogP contribution in [0.2, 0.25) is 0 Å². The first kappa shape index (κ1) is 20.7. The molecule has 1 aliphatic heterocycles. The molecule has 0 bridgehead atoms. The van der Waals surface area contributed by atoms with Crippen molar-refractivity contribution in [2.24, 2.45) is 0 Å². The molecule has 0 radical (unpaired) electrons. The van der Waals surface area contributed by atoms with E-state index < -0.39 is 18.2 Å². The second kappa shape index (κ2) is 8.96. The summed E-state index contributed by atoms with van der Waals surface area (Å²) in [5.41, 5.74) is 2.09. The summed E-state index contributed by atoms with van der Waals surface area (Å²) < 4.78 is 12.0. The van der Waals surface area contributed by atoms with Crippen LogP contribution < -0.4 is 9.47 Å². The molecule has 0 aliphatic carbocycles. The Bertz CT molecular complexity index is 870. The van der Waals surface area contributed by atoms with Crippen molar-refractivity contribution in [1.82, 2.24) is 14.7 Å². The van der Waals surface area contributed by atoms with Gasteiger partial charge in [-0.15, -0.1) is 0 Å². The molecule has 3 rings (SSSR count). The Morgan fingerprint density at radius 2 is 1.69 bits per heavy atom. The fourth-order valence-electron chi connectivity index (χ4n) is 3.02. The average Bonchev–Trinajstić information content (AvgIpc) is 2.90. The second-order valence-electron chi connectivity index (χ2n) is 7.37. The molecular weight excluding hydrogens is 370 g/mol. The van der Waals surface area contributed by atoms with Gasteiger partial charge in [0.05, 0.1) is 0 Å². The monoisotopic (exact) mass is 397 g/mol. The molecule has 7 heteroatoms. The summed E-state index contributed by atoms with van der Waals surface area (Å²) in [6.45, 7) is 1.26. The molecule has 154 valence electrons. The molecule has 1 unspecified atom stereocenters. The third-order valence-corrected chi connectivity index (χ3v) is 4.81. The number of benzene rings is 2. The van der Waals surface area contributed by atoms with E-state index in [1.165, 1.54) is 11.9 Å². The first-order chi connectivity index (χ1) is 13.9. The number of imide groups is 1. The predicted octanol–water partition coefficient (Wildman–Crippen LogP) is 2.60. The Balaban J connectivity index is 1.83. The number of urea groups is 1. The Morgan fingerprint density at radius 1 is 0.966 bits per heavy atom. The van der Waals surface area contributed by atoms with Crippen LogP contribution in [0.15, 0.2) is 48.5 Å². The number of hydrogen-bond donors (Lipinski definition) is 0. The lowest BCUT2D eigenvalue weighted by molar-refractivity contribution is -0.134. The highest BCUT2D eigenvalue weighted by atomic mass is 16.5. The number of rotatable bonds is 8. The zero-order valence-electron chi connectivity index (χ0n) is 17.3. The van der Waals surface area contributed by atoms with Gasteiger partial charge in [0, 0.05) is 20.6 Å². The summed E-state index contributed by atoms with van der Waals surface area (Å²) in [4.78, 5) is 28.9. The highest BCUT2D eigenvalue weighted by molar-refractivity contribution is 6.03. The summed E-state index contributed by atoms with van der Waals surface area (Å²) in [6.07, 6.45) is -0.175. The van der Waals surface area contributed by atoms with Crippen LogP contribution >= 0.6 is 0 Å². The quantitative estimate of drug-likeness (QED) is 0.641. The molecular formula is C22H27N3O4. The Kier molecular flexibility index (Phi) is 6.39. The first-order valence-electron chi connectivity index (χ1n) is 9.52. The molecule has 29 heavy (non-hydrogen) atoms. The van der Waals surface area contributed by atoms with Gasteiger partial charge < -0.3 is 14.4 Å². The first-order valence-corrected chi connectivity index (χ1v) is 9.52. The maximum atomic E-state index is 12.4. The van der Waals surface area contributed by atoms with Gasteiger partial charge in [0.15, 0.2) is 11.5 Å². The summed E-state index contributed by atoms with van der Waals surface area (Å²) in [5.74, 6) is 0.585. The Hall–Kier alpha value is -3.06. The molecule has 0 N–H and O–H groups in total. The number of carbonyl (C=O) groups is 2. The molecule has 7 nitrogen and oxygen atoms in total. The molecule has 1 heterocycles. The van der Waals surface area contributed by atoms with Crippen molar-refractivity contribution in [2.45, 2.75) is 19.3 Å². The minimum absolute atomic E-state index is 0.377. The van der Waals surface area contributed by atoms with Crippen LogP contribution in [0, 0.1) is 0 Å². The van der Waals surface area contributed by atoms with Gasteiger partial charge >= 0.3 is 6.03 Å². The largest absolute Gasteiger partial charge is 0.485 e. The van der Waals surface area contributed by atoms with E-state index in [0.717, 1.165) is 29.0 Å². The van der Waals surface area contributed by atoms with Gasteiger partial charge in [-0.1, -0.05) is 36.4 Å². The summed E-state index contributed by atoms with van der Waals surface area (Å²) >= 11 is 0. The SMILES string of the molecule is CN(C)CCc1ccc(OCc2ccccc2)c(OC2C(=O)N(C)C(=O)N2C)c1. The van der Waals surface area contributed by atoms with E-state index in [9.17, 15) is 9.59 Å². The number of ether oxygens (including phenoxy) is 2. The standard InChI is InChI=1S/C22H27N3O4/c1-23(2)13-12-16-10-11-18(28-15-17-8-6-5-7-9-17)19(14-16)29-21-20(26)24(3)22(27)25(21)4/h5-11,14,21H,12-13,15H2,1-4H3. The van der Waals surface area contributed by atoms with Gasteiger partial charge in [0.2, 0.25) is 0 Å². The lowest BCUT2D eigenvalue weighted by atomic mass is 10.1. The van der Waals surface area contributed by atoms with Crippen molar-refractivity contribution >= 4 is 11.9 Å². The van der Waals surface area contributed by atoms with E-state index in [2.05, 4.69) is 4.90 Å². The van der Waals surface area contributed by atoms with Gasteiger partial charge in [-0.25, -0.2) is 4.79 Å². The number of likely N-dealkylation sites (N-methyl/N-ethyl adjacent to an activating group) is 3. The number of carbonyl (C=O) groups excluding carboxylic acids is 2. The van der Waals surface area contributed by atoms with E-state index in [1.54, 1.807) is 7.05 Å². The maximum Gasteiger partial charge on any atom is 0.329 e. The summed E-state index contributed by atoms with van der Waals surface area (Å²) in [6, 6.07) is 15.2. The van der Waals surface area contributed by atoms with Crippen LogP contribution in [-0.4, -0.2) is 67.6 Å². The molecule has 2 aromatic rings. The Morgan fingerprint density at radius 3 is 2.31 bits per heavy atom. The minimum atomic E-state index is -1.00. The van der Waals surface area contributed by atoms with Crippen LogP contribution in [0.4, 0.5) is 4.79 Å². The maximum absolute atomic E-state index is 12.4. The van der Waals surface area contributed by atoms with Gasteiger partial charge in [-0.3, -0.25) is 14.6 Å². The van der Waals surface area contributed by atoms with Crippen LogP contribution in [0.5, 0.6) is 11.5 Å². The van der Waals surface area contributed by atoms with Crippen LogP contribution in [0.25, 0.3) is 0 Å². The summed E-state index contributed by atoms with van der Waals surface area (Å²) in [5, 5.41) is 0. The van der Waals surface area contributed by atoms with Crippen molar-refractivity contribution in [2.75, 3.05) is 34.7 Å². The predicted molar refractivity (Wildman–Crippen MR) is 110 cm³/mol. The highest BCUT2D eigenvalue weighted by Crippen LogP contribution is 2.32. The van der Waals surface area contributed by atoms with Crippen LogP contribution in [0.1, 0.15) is 11.1 Å². The minimum Gasteiger partial charge on any atom is -0.485 e. The van der Waals surface area contributed by atoms with E-state index in [4.69, 9.17) is 9.47 Å². The topological polar surface area (TPSA) is 62.3 Å². The van der Waals surface area contributed by atoms with Gasteiger partial charge in [0.25, 0.3) is 12.1 Å². The van der Waals surface area contributed by atoms with Crippen molar-refractivity contribution in [3.8, 4) is 11.5 Å². The average molecular weight is 397 g/mol. The van der Waals surface area contributed by atoms with Gasteiger partial charge in [-0.2, -0.15) is 0 Å². The Labute approximate surface area is 171 Å². The molecule has 0 saturated carbocycles. The smallest absolute Gasteiger partial charge is 0.329 e. The molecule has 1 atom stereocenters. The van der Waals surface area contributed by atoms with Crippen LogP contribution in [-0.2, 0) is 17.8 Å². The zero-order valence-corrected chi connectivity index (χ0v) is 17.3. The number of nitrogens with zero attached hydrogens (tertiary/aromatic N) is 3. The third-order valence-electron chi connectivity index (χ3n) is 4.81.